The maximum atomic E-state index is 13.7. The molecule has 4 aromatic rings. The maximum Gasteiger partial charge on any atom is 0.453 e. The molecule has 40 heavy (non-hydrogen) atoms. The normalized spacial score (nSPS) is 11.9. The number of nitrogens with one attached hydrogen (secondary N) is 2. The lowest BCUT2D eigenvalue weighted by atomic mass is 10.0. The van der Waals surface area contributed by atoms with Gasteiger partial charge in [-0.05, 0) is 113 Å². The Morgan fingerprint density at radius 1 is 1.12 bits per heavy atom. The number of aromatic nitrogens is 7. The van der Waals surface area contributed by atoms with Gasteiger partial charge >= 0.3 is 6.18 Å². The van der Waals surface area contributed by atoms with Crippen molar-refractivity contribution in [2.75, 3.05) is 5.32 Å². The number of amides is 2. The zero-order chi connectivity index (χ0) is 29.4. The lowest BCUT2D eigenvalue weighted by Gasteiger charge is -2.22. The number of nitrogens with zero attached hydrogens (tertiary/aromatic N) is 7. The second-order valence-electron chi connectivity index (χ2n) is 9.70. The highest BCUT2D eigenvalue weighted by atomic mass is 127. The zero-order valence-corrected chi connectivity index (χ0v) is 25.3. The van der Waals surface area contributed by atoms with Gasteiger partial charge in [-0.2, -0.15) is 18.3 Å². The van der Waals surface area contributed by atoms with Gasteiger partial charge in [-0.3, -0.25) is 9.59 Å². The van der Waals surface area contributed by atoms with Gasteiger partial charge in [0.1, 0.15) is 5.69 Å². The number of hydrogen-bond donors (Lipinski definition) is 2. The number of hydrogen-bond acceptors (Lipinski definition) is 7. The van der Waals surface area contributed by atoms with E-state index in [1.807, 2.05) is 20.8 Å². The fraction of sp³-hybridized carbons (Fsp3) is 0.292. The molecule has 0 radical (unpaired) electrons. The number of pyridine rings is 1. The van der Waals surface area contributed by atoms with Gasteiger partial charge in [0.25, 0.3) is 17.6 Å². The van der Waals surface area contributed by atoms with E-state index in [2.05, 4.69) is 74.8 Å². The van der Waals surface area contributed by atoms with Crippen LogP contribution in [0, 0.1) is 10.5 Å². The molecule has 0 saturated heterocycles. The van der Waals surface area contributed by atoms with Gasteiger partial charge in [0.15, 0.2) is 5.82 Å². The second kappa shape index (κ2) is 11.2. The molecule has 16 heteroatoms. The molecular formula is C24H22BrF3IN9O2. The van der Waals surface area contributed by atoms with E-state index in [9.17, 15) is 22.8 Å². The number of carbonyl (C=O) groups excluding carboxylic acids is 2. The van der Waals surface area contributed by atoms with Crippen molar-refractivity contribution in [1.29, 1.82) is 0 Å². The Morgan fingerprint density at radius 2 is 1.85 bits per heavy atom. The highest BCUT2D eigenvalue weighted by molar-refractivity contribution is 14.1. The van der Waals surface area contributed by atoms with Crippen molar-refractivity contribution >= 4 is 56.0 Å². The number of rotatable bonds is 6. The number of alkyl halides is 3. The van der Waals surface area contributed by atoms with E-state index >= 15 is 0 Å². The first-order chi connectivity index (χ1) is 18.6. The summed E-state index contributed by atoms with van der Waals surface area (Å²) in [4.78, 5) is 31.1. The van der Waals surface area contributed by atoms with Crippen LogP contribution in [0.3, 0.4) is 0 Å². The Hall–Kier alpha value is -3.41. The molecule has 210 valence electrons. The minimum atomic E-state index is -4.79. The third kappa shape index (κ3) is 6.65. The van der Waals surface area contributed by atoms with E-state index in [0.29, 0.717) is 14.7 Å². The van der Waals surface area contributed by atoms with Gasteiger partial charge in [-0.1, -0.05) is 0 Å². The number of anilines is 1. The van der Waals surface area contributed by atoms with Crippen molar-refractivity contribution in [2.24, 2.45) is 0 Å². The van der Waals surface area contributed by atoms with Crippen molar-refractivity contribution in [3.05, 3.63) is 72.9 Å². The molecule has 4 rings (SSSR count). The Kier molecular flexibility index (Phi) is 8.30. The van der Waals surface area contributed by atoms with E-state index in [1.165, 1.54) is 16.9 Å². The van der Waals surface area contributed by atoms with Gasteiger partial charge in [0, 0.05) is 15.3 Å². The van der Waals surface area contributed by atoms with Crippen LogP contribution in [0.1, 0.15) is 58.7 Å². The summed E-state index contributed by atoms with van der Waals surface area (Å²) >= 11 is 5.46. The van der Waals surface area contributed by atoms with Crippen molar-refractivity contribution in [2.45, 2.75) is 46.0 Å². The third-order valence-corrected chi connectivity index (χ3v) is 6.54. The van der Waals surface area contributed by atoms with Crippen LogP contribution in [0.5, 0.6) is 0 Å². The molecule has 3 heterocycles. The minimum Gasteiger partial charge on any atom is -0.347 e. The van der Waals surface area contributed by atoms with Gasteiger partial charge in [0.05, 0.1) is 28.0 Å². The summed E-state index contributed by atoms with van der Waals surface area (Å²) in [6.07, 6.45) is -3.31. The standard InChI is InChI=1S/C24H22BrF3IN9O2/c1-12-8-13(29)9-15(20(39)32-23(2,3)4)18(12)31-21(40)17-10-14(11-37-22(24(26,27)28)33-35-36-37)34-38(17)19-16(25)6-5-7-30-19/h5-10H,11H2,1-4H3,(H,31,40)(H,32,39). The third-order valence-electron chi connectivity index (χ3n) is 5.30. The van der Waals surface area contributed by atoms with Gasteiger partial charge in [-0.25, -0.2) is 14.3 Å². The van der Waals surface area contributed by atoms with Crippen LogP contribution in [0.4, 0.5) is 18.9 Å². The summed E-state index contributed by atoms with van der Waals surface area (Å²) < 4.78 is 43.0. The van der Waals surface area contributed by atoms with Crippen LogP contribution in [0.25, 0.3) is 5.82 Å². The second-order valence-corrected chi connectivity index (χ2v) is 11.8. The number of benzene rings is 1. The molecule has 0 saturated carbocycles. The number of aryl methyl sites for hydroxylation is 1. The lowest BCUT2D eigenvalue weighted by Crippen LogP contribution is -2.41. The van der Waals surface area contributed by atoms with Gasteiger partial charge in [-0.15, -0.1) is 5.10 Å². The van der Waals surface area contributed by atoms with Crippen molar-refractivity contribution in [1.82, 2.24) is 40.3 Å². The molecule has 0 unspecified atom stereocenters. The molecule has 1 aromatic carbocycles. The highest BCUT2D eigenvalue weighted by Gasteiger charge is 2.38. The SMILES string of the molecule is Cc1cc(I)cc(C(=O)NC(C)(C)C)c1NC(=O)c1cc(Cn2nnnc2C(F)(F)F)nn1-c1ncccc1Br. The monoisotopic (exact) mass is 731 g/mol. The van der Waals surface area contributed by atoms with E-state index in [1.54, 1.807) is 31.2 Å². The van der Waals surface area contributed by atoms with Crippen LogP contribution in [-0.4, -0.2) is 52.3 Å². The summed E-state index contributed by atoms with van der Waals surface area (Å²) in [5.41, 5.74) is 0.648. The first kappa shape index (κ1) is 29.6. The largest absolute Gasteiger partial charge is 0.453 e. The minimum absolute atomic E-state index is 0.0452. The number of carbonyl (C=O) groups is 2. The van der Waals surface area contributed by atoms with Crippen LogP contribution in [0.15, 0.2) is 41.0 Å². The summed E-state index contributed by atoms with van der Waals surface area (Å²) in [5, 5.41) is 19.6. The van der Waals surface area contributed by atoms with Crippen LogP contribution in [-0.2, 0) is 12.7 Å². The Balaban J connectivity index is 1.77. The Labute approximate surface area is 248 Å². The van der Waals surface area contributed by atoms with Crippen LogP contribution in [0.2, 0.25) is 0 Å². The van der Waals surface area contributed by atoms with Crippen molar-refractivity contribution < 1.29 is 22.8 Å². The van der Waals surface area contributed by atoms with E-state index in [-0.39, 0.29) is 34.4 Å². The smallest absolute Gasteiger partial charge is 0.347 e. The summed E-state index contributed by atoms with van der Waals surface area (Å²) in [5.74, 6) is -2.14. The number of halogens is 5. The first-order valence-electron chi connectivity index (χ1n) is 11.6. The summed E-state index contributed by atoms with van der Waals surface area (Å²) in [6.45, 7) is 6.79. The van der Waals surface area contributed by atoms with Crippen molar-refractivity contribution in [3.63, 3.8) is 0 Å². The molecule has 0 aliphatic carbocycles. The summed E-state index contributed by atoms with van der Waals surface area (Å²) in [6, 6.07) is 8.10. The first-order valence-corrected chi connectivity index (χ1v) is 13.5. The fourth-order valence-corrected chi connectivity index (χ4v) is 4.91. The number of tetrazole rings is 1. The molecule has 2 amide bonds. The summed E-state index contributed by atoms with van der Waals surface area (Å²) in [7, 11) is 0. The Bertz CT molecular complexity index is 1600. The Morgan fingerprint density at radius 3 is 2.50 bits per heavy atom. The molecule has 0 atom stereocenters. The van der Waals surface area contributed by atoms with E-state index < -0.39 is 30.0 Å². The molecule has 0 aliphatic rings. The predicted molar refractivity (Wildman–Crippen MR) is 150 cm³/mol. The topological polar surface area (TPSA) is 133 Å². The van der Waals surface area contributed by atoms with Crippen molar-refractivity contribution in [3.8, 4) is 5.82 Å². The lowest BCUT2D eigenvalue weighted by molar-refractivity contribution is -0.147. The molecule has 2 N–H and O–H groups in total. The van der Waals surface area contributed by atoms with Crippen LogP contribution >= 0.6 is 38.5 Å². The zero-order valence-electron chi connectivity index (χ0n) is 21.5. The van der Waals surface area contributed by atoms with Gasteiger partial charge in [0.2, 0.25) is 0 Å². The van der Waals surface area contributed by atoms with E-state index in [0.717, 1.165) is 3.57 Å². The van der Waals surface area contributed by atoms with Gasteiger partial charge < -0.3 is 10.6 Å². The van der Waals surface area contributed by atoms with E-state index in [4.69, 9.17) is 0 Å². The fourth-order valence-electron chi connectivity index (χ4n) is 3.71. The molecule has 0 fully saturated rings. The molecule has 3 aromatic heterocycles. The molecule has 0 aliphatic heterocycles. The maximum absolute atomic E-state index is 13.7. The average Bonchev–Trinajstić information content (AvgIpc) is 3.47. The molecule has 0 bridgehead atoms. The quantitative estimate of drug-likeness (QED) is 0.273. The van der Waals surface area contributed by atoms with Crippen LogP contribution < -0.4 is 10.6 Å². The highest BCUT2D eigenvalue weighted by Crippen LogP contribution is 2.29. The molecular weight excluding hydrogens is 710 g/mol. The predicted octanol–water partition coefficient (Wildman–Crippen LogP) is 4.78. The molecule has 0 spiro atoms. The molecule has 11 nitrogen and oxygen atoms in total. The average molecular weight is 732 g/mol.